The highest BCUT2D eigenvalue weighted by Gasteiger charge is 2.23. The Bertz CT molecular complexity index is 496. The predicted octanol–water partition coefficient (Wildman–Crippen LogP) is 1.16. The molecule has 1 aliphatic rings. The van der Waals surface area contributed by atoms with Crippen molar-refractivity contribution >= 4 is 11.8 Å². The molecule has 0 bridgehead atoms. The highest BCUT2D eigenvalue weighted by Crippen LogP contribution is 2.17. The van der Waals surface area contributed by atoms with E-state index in [0.29, 0.717) is 31.3 Å². The summed E-state index contributed by atoms with van der Waals surface area (Å²) in [6, 6.07) is 5.17. The SMILES string of the molecule is N#CCC(=O)N1CCC(CNC(=O)c2ccco2)CC1. The Hall–Kier alpha value is -2.29. The Morgan fingerprint density at radius 3 is 2.80 bits per heavy atom. The van der Waals surface area contributed by atoms with Crippen molar-refractivity contribution < 1.29 is 14.0 Å². The van der Waals surface area contributed by atoms with Gasteiger partial charge in [0.25, 0.3) is 5.91 Å². The Morgan fingerprint density at radius 1 is 1.45 bits per heavy atom. The van der Waals surface area contributed by atoms with Gasteiger partial charge in [-0.15, -0.1) is 0 Å². The van der Waals surface area contributed by atoms with Crippen LogP contribution in [0.1, 0.15) is 29.8 Å². The number of amides is 2. The molecule has 1 aliphatic heterocycles. The van der Waals surface area contributed by atoms with Gasteiger partial charge in [-0.25, -0.2) is 0 Å². The number of carbonyl (C=O) groups is 2. The first-order valence-corrected chi connectivity index (χ1v) is 6.67. The molecule has 0 radical (unpaired) electrons. The molecule has 1 aromatic heterocycles. The number of rotatable bonds is 4. The summed E-state index contributed by atoms with van der Waals surface area (Å²) in [5.41, 5.74) is 0. The molecule has 0 unspecified atom stereocenters. The van der Waals surface area contributed by atoms with E-state index in [1.165, 1.54) is 6.26 Å². The standard InChI is InChI=1S/C14H17N3O3/c15-6-3-13(18)17-7-4-11(5-8-17)10-16-14(19)12-2-1-9-20-12/h1-2,9,11H,3-5,7-8,10H2,(H,16,19). The van der Waals surface area contributed by atoms with Crippen molar-refractivity contribution in [1.82, 2.24) is 10.2 Å². The molecule has 0 atom stereocenters. The van der Waals surface area contributed by atoms with Gasteiger partial charge >= 0.3 is 0 Å². The summed E-state index contributed by atoms with van der Waals surface area (Å²) in [7, 11) is 0. The number of furan rings is 1. The van der Waals surface area contributed by atoms with Crippen molar-refractivity contribution in [3.8, 4) is 6.07 Å². The Labute approximate surface area is 117 Å². The van der Waals surface area contributed by atoms with Gasteiger partial charge in [-0.2, -0.15) is 5.26 Å². The van der Waals surface area contributed by atoms with Crippen LogP contribution in [-0.4, -0.2) is 36.3 Å². The molecule has 0 spiro atoms. The molecule has 2 heterocycles. The Kier molecular flexibility index (Phi) is 4.77. The highest BCUT2D eigenvalue weighted by atomic mass is 16.3. The third-order valence-corrected chi connectivity index (χ3v) is 3.49. The quantitative estimate of drug-likeness (QED) is 0.893. The van der Waals surface area contributed by atoms with E-state index in [9.17, 15) is 9.59 Å². The van der Waals surface area contributed by atoms with Crippen molar-refractivity contribution in [3.05, 3.63) is 24.2 Å². The predicted molar refractivity (Wildman–Crippen MR) is 70.6 cm³/mol. The minimum absolute atomic E-state index is 0.0557. The van der Waals surface area contributed by atoms with Crippen LogP contribution in [0.4, 0.5) is 0 Å². The first kappa shape index (κ1) is 14.1. The van der Waals surface area contributed by atoms with Crippen LogP contribution in [0.15, 0.2) is 22.8 Å². The maximum Gasteiger partial charge on any atom is 0.286 e. The first-order chi connectivity index (χ1) is 9.70. The number of nitriles is 1. The van der Waals surface area contributed by atoms with Gasteiger partial charge in [0.05, 0.1) is 12.3 Å². The summed E-state index contributed by atoms with van der Waals surface area (Å²) < 4.78 is 5.02. The Balaban J connectivity index is 1.71. The van der Waals surface area contributed by atoms with E-state index in [1.807, 2.05) is 6.07 Å². The minimum atomic E-state index is -0.210. The molecule has 1 aromatic rings. The molecule has 1 saturated heterocycles. The summed E-state index contributed by atoms with van der Waals surface area (Å²) in [6.07, 6.45) is 3.10. The molecule has 2 amide bonds. The van der Waals surface area contributed by atoms with Crippen LogP contribution in [0.3, 0.4) is 0 Å². The smallest absolute Gasteiger partial charge is 0.286 e. The van der Waals surface area contributed by atoms with Crippen molar-refractivity contribution in [1.29, 1.82) is 5.26 Å². The molecular weight excluding hydrogens is 258 g/mol. The van der Waals surface area contributed by atoms with Crippen molar-refractivity contribution in [2.75, 3.05) is 19.6 Å². The van der Waals surface area contributed by atoms with Gasteiger partial charge in [-0.3, -0.25) is 9.59 Å². The average molecular weight is 275 g/mol. The maximum atomic E-state index is 11.7. The molecular formula is C14H17N3O3. The van der Waals surface area contributed by atoms with E-state index in [0.717, 1.165) is 12.8 Å². The third-order valence-electron chi connectivity index (χ3n) is 3.49. The van der Waals surface area contributed by atoms with Crippen LogP contribution in [0.5, 0.6) is 0 Å². The van der Waals surface area contributed by atoms with E-state index >= 15 is 0 Å². The van der Waals surface area contributed by atoms with E-state index in [-0.39, 0.29) is 18.2 Å². The van der Waals surface area contributed by atoms with Gasteiger partial charge in [-0.05, 0) is 30.9 Å². The second-order valence-electron chi connectivity index (χ2n) is 4.85. The number of hydrogen-bond donors (Lipinski definition) is 1. The summed E-state index contributed by atoms with van der Waals surface area (Å²) in [4.78, 5) is 25.0. The zero-order chi connectivity index (χ0) is 14.4. The molecule has 6 nitrogen and oxygen atoms in total. The number of nitrogens with one attached hydrogen (secondary N) is 1. The molecule has 0 saturated carbocycles. The summed E-state index contributed by atoms with van der Waals surface area (Å²) in [5, 5.41) is 11.3. The molecule has 1 N–H and O–H groups in total. The summed E-state index contributed by atoms with van der Waals surface area (Å²) in [6.45, 7) is 1.89. The van der Waals surface area contributed by atoms with Gasteiger partial charge < -0.3 is 14.6 Å². The van der Waals surface area contributed by atoms with Crippen LogP contribution in [0.25, 0.3) is 0 Å². The lowest BCUT2D eigenvalue weighted by molar-refractivity contribution is -0.131. The van der Waals surface area contributed by atoms with Gasteiger partial charge in [0, 0.05) is 19.6 Å². The van der Waals surface area contributed by atoms with E-state index in [4.69, 9.17) is 9.68 Å². The molecule has 0 aliphatic carbocycles. The van der Waals surface area contributed by atoms with Crippen molar-refractivity contribution in [3.63, 3.8) is 0 Å². The molecule has 106 valence electrons. The second-order valence-corrected chi connectivity index (χ2v) is 4.85. The normalized spacial score (nSPS) is 15.7. The number of piperidine rings is 1. The number of carbonyl (C=O) groups excluding carboxylic acids is 2. The molecule has 20 heavy (non-hydrogen) atoms. The van der Waals surface area contributed by atoms with E-state index < -0.39 is 0 Å². The maximum absolute atomic E-state index is 11.7. The largest absolute Gasteiger partial charge is 0.459 e. The van der Waals surface area contributed by atoms with Crippen molar-refractivity contribution in [2.24, 2.45) is 5.92 Å². The van der Waals surface area contributed by atoms with Gasteiger partial charge in [0.15, 0.2) is 5.76 Å². The molecule has 1 fully saturated rings. The van der Waals surface area contributed by atoms with Crippen LogP contribution in [0, 0.1) is 17.2 Å². The fraction of sp³-hybridized carbons (Fsp3) is 0.500. The fourth-order valence-electron chi connectivity index (χ4n) is 2.30. The Morgan fingerprint density at radius 2 is 2.20 bits per heavy atom. The highest BCUT2D eigenvalue weighted by molar-refractivity contribution is 5.91. The number of nitrogens with zero attached hydrogens (tertiary/aromatic N) is 2. The summed E-state index contributed by atoms with van der Waals surface area (Å²) in [5.74, 6) is 0.357. The lowest BCUT2D eigenvalue weighted by atomic mass is 9.96. The molecule has 0 aromatic carbocycles. The first-order valence-electron chi connectivity index (χ1n) is 6.67. The van der Waals surface area contributed by atoms with Crippen LogP contribution < -0.4 is 5.32 Å². The van der Waals surface area contributed by atoms with Gasteiger partial charge in [0.1, 0.15) is 6.42 Å². The lowest BCUT2D eigenvalue weighted by Crippen LogP contribution is -2.41. The zero-order valence-corrected chi connectivity index (χ0v) is 11.2. The lowest BCUT2D eigenvalue weighted by Gasteiger charge is -2.31. The topological polar surface area (TPSA) is 86.3 Å². The fourth-order valence-corrected chi connectivity index (χ4v) is 2.30. The van der Waals surface area contributed by atoms with Crippen molar-refractivity contribution in [2.45, 2.75) is 19.3 Å². The minimum Gasteiger partial charge on any atom is -0.459 e. The molecule has 6 heteroatoms. The monoisotopic (exact) mass is 275 g/mol. The van der Waals surface area contributed by atoms with Crippen LogP contribution in [0.2, 0.25) is 0 Å². The number of hydrogen-bond acceptors (Lipinski definition) is 4. The average Bonchev–Trinajstić information content (AvgIpc) is 3.00. The summed E-state index contributed by atoms with van der Waals surface area (Å²) >= 11 is 0. The van der Waals surface area contributed by atoms with E-state index in [2.05, 4.69) is 5.32 Å². The van der Waals surface area contributed by atoms with Gasteiger partial charge in [0.2, 0.25) is 5.91 Å². The van der Waals surface area contributed by atoms with Crippen LogP contribution in [-0.2, 0) is 4.79 Å². The van der Waals surface area contributed by atoms with Crippen LogP contribution >= 0.6 is 0 Å². The third kappa shape index (κ3) is 3.60. The van der Waals surface area contributed by atoms with E-state index in [1.54, 1.807) is 17.0 Å². The molecule has 2 rings (SSSR count). The number of likely N-dealkylation sites (tertiary alicyclic amines) is 1. The zero-order valence-electron chi connectivity index (χ0n) is 11.2. The second kappa shape index (κ2) is 6.75. The van der Waals surface area contributed by atoms with Gasteiger partial charge in [-0.1, -0.05) is 0 Å².